The first-order chi connectivity index (χ1) is 13.1. The van der Waals surface area contributed by atoms with Crippen LogP contribution in [0.5, 0.6) is 5.75 Å². The van der Waals surface area contributed by atoms with Crippen molar-refractivity contribution < 1.29 is 19.1 Å². The van der Waals surface area contributed by atoms with Gasteiger partial charge in [0, 0.05) is 16.6 Å². The fourth-order valence-corrected chi connectivity index (χ4v) is 3.07. The van der Waals surface area contributed by atoms with Crippen molar-refractivity contribution in [2.75, 3.05) is 12.4 Å². The number of methoxy groups -OCH3 is 1. The molecule has 0 aliphatic heterocycles. The largest absolute Gasteiger partial charge is 0.497 e. The summed E-state index contributed by atoms with van der Waals surface area (Å²) < 4.78 is 10.3. The van der Waals surface area contributed by atoms with Crippen molar-refractivity contribution in [3.05, 3.63) is 65.7 Å². The number of amides is 1. The minimum Gasteiger partial charge on any atom is -0.497 e. The van der Waals surface area contributed by atoms with E-state index in [0.29, 0.717) is 11.4 Å². The topological polar surface area (TPSA) is 77.5 Å². The lowest BCUT2D eigenvalue weighted by molar-refractivity contribution is -0.123. The number of hydrogen-bond donors (Lipinski definition) is 1. The predicted octanol–water partition coefficient (Wildman–Crippen LogP) is 4.00. The fourth-order valence-electron chi connectivity index (χ4n) is 2.27. The van der Waals surface area contributed by atoms with Gasteiger partial charge in [0.2, 0.25) is 0 Å². The summed E-state index contributed by atoms with van der Waals surface area (Å²) in [6.07, 6.45) is -0.957. The van der Waals surface area contributed by atoms with Gasteiger partial charge in [-0.1, -0.05) is 30.3 Å². The maximum atomic E-state index is 12.3. The number of anilines is 1. The van der Waals surface area contributed by atoms with Crippen molar-refractivity contribution in [3.8, 4) is 16.3 Å². The molecule has 1 atom stereocenters. The van der Waals surface area contributed by atoms with Gasteiger partial charge in [0.05, 0.1) is 7.11 Å². The van der Waals surface area contributed by atoms with E-state index in [0.717, 1.165) is 10.6 Å². The summed E-state index contributed by atoms with van der Waals surface area (Å²) in [6, 6.07) is 16.4. The van der Waals surface area contributed by atoms with Crippen LogP contribution in [-0.2, 0) is 9.53 Å². The molecule has 3 rings (SSSR count). The number of carbonyl (C=O) groups is 2. The number of rotatable bonds is 6. The standard InChI is InChI=1S/C20H18N2O4S/c1-13(18(23)21-15-8-10-16(25-2)11-9-15)26-20(24)17-12-27-19(22-17)14-6-4-3-5-7-14/h3-13H,1-2H3,(H,21,23)/t13-/m1/s1. The molecule has 0 unspecified atom stereocenters. The van der Waals surface area contributed by atoms with E-state index in [1.54, 1.807) is 36.8 Å². The van der Waals surface area contributed by atoms with E-state index in [4.69, 9.17) is 9.47 Å². The lowest BCUT2D eigenvalue weighted by Gasteiger charge is -2.13. The Labute approximate surface area is 160 Å². The highest BCUT2D eigenvalue weighted by atomic mass is 32.1. The average Bonchev–Trinajstić information content (AvgIpc) is 3.19. The minimum atomic E-state index is -0.957. The third kappa shape index (κ3) is 4.71. The molecule has 1 amide bonds. The molecule has 0 saturated heterocycles. The smallest absolute Gasteiger partial charge is 0.358 e. The first-order valence-corrected chi connectivity index (χ1v) is 9.11. The number of nitrogens with zero attached hydrogens (tertiary/aromatic N) is 1. The Morgan fingerprint density at radius 1 is 1.07 bits per heavy atom. The predicted molar refractivity (Wildman–Crippen MR) is 104 cm³/mol. The number of esters is 1. The number of ether oxygens (including phenoxy) is 2. The molecule has 0 aliphatic carbocycles. The summed E-state index contributed by atoms with van der Waals surface area (Å²) in [7, 11) is 1.57. The van der Waals surface area contributed by atoms with E-state index in [1.165, 1.54) is 18.3 Å². The van der Waals surface area contributed by atoms with E-state index in [1.807, 2.05) is 30.3 Å². The van der Waals surface area contributed by atoms with Gasteiger partial charge in [-0.15, -0.1) is 11.3 Å². The molecule has 138 valence electrons. The van der Waals surface area contributed by atoms with Gasteiger partial charge in [-0.05, 0) is 31.2 Å². The molecule has 6 nitrogen and oxygen atoms in total. The molecule has 0 saturated carbocycles. The lowest BCUT2D eigenvalue weighted by atomic mass is 10.2. The van der Waals surface area contributed by atoms with Crippen LogP contribution in [0.15, 0.2) is 60.0 Å². The van der Waals surface area contributed by atoms with Crippen LogP contribution < -0.4 is 10.1 Å². The Hall–Kier alpha value is -3.19. The van der Waals surface area contributed by atoms with Crippen LogP contribution in [0.2, 0.25) is 0 Å². The maximum Gasteiger partial charge on any atom is 0.358 e. The fraction of sp³-hybridized carbons (Fsp3) is 0.150. The van der Waals surface area contributed by atoms with E-state index in [2.05, 4.69) is 10.3 Å². The summed E-state index contributed by atoms with van der Waals surface area (Å²) in [5, 5.41) is 5.04. The number of carbonyl (C=O) groups excluding carboxylic acids is 2. The normalized spacial score (nSPS) is 11.5. The van der Waals surface area contributed by atoms with Gasteiger partial charge in [-0.3, -0.25) is 4.79 Å². The van der Waals surface area contributed by atoms with E-state index < -0.39 is 18.0 Å². The molecule has 0 spiro atoms. The third-order valence-corrected chi connectivity index (χ3v) is 4.64. The summed E-state index contributed by atoms with van der Waals surface area (Å²) in [4.78, 5) is 28.8. The zero-order valence-corrected chi connectivity index (χ0v) is 15.7. The van der Waals surface area contributed by atoms with Crippen LogP contribution in [0.25, 0.3) is 10.6 Å². The molecule has 27 heavy (non-hydrogen) atoms. The van der Waals surface area contributed by atoms with Crippen LogP contribution in [-0.4, -0.2) is 30.1 Å². The average molecular weight is 382 g/mol. The Morgan fingerprint density at radius 3 is 2.44 bits per heavy atom. The van der Waals surface area contributed by atoms with Crippen LogP contribution >= 0.6 is 11.3 Å². The molecule has 0 fully saturated rings. The number of nitrogens with one attached hydrogen (secondary N) is 1. The number of aromatic nitrogens is 1. The summed E-state index contributed by atoms with van der Waals surface area (Å²) in [5.74, 6) is -0.372. The number of hydrogen-bond acceptors (Lipinski definition) is 6. The van der Waals surface area contributed by atoms with Gasteiger partial charge < -0.3 is 14.8 Å². The Morgan fingerprint density at radius 2 is 1.78 bits per heavy atom. The lowest BCUT2D eigenvalue weighted by Crippen LogP contribution is -2.30. The second-order valence-electron chi connectivity index (χ2n) is 5.67. The van der Waals surface area contributed by atoms with Crippen LogP contribution in [0.3, 0.4) is 0 Å². The number of benzene rings is 2. The molecule has 1 heterocycles. The van der Waals surface area contributed by atoms with E-state index in [-0.39, 0.29) is 5.69 Å². The van der Waals surface area contributed by atoms with Crippen molar-refractivity contribution in [1.82, 2.24) is 4.98 Å². The van der Waals surface area contributed by atoms with Gasteiger partial charge in [-0.2, -0.15) is 0 Å². The highest BCUT2D eigenvalue weighted by Gasteiger charge is 2.21. The van der Waals surface area contributed by atoms with Gasteiger partial charge in [0.25, 0.3) is 5.91 Å². The minimum absolute atomic E-state index is 0.183. The van der Waals surface area contributed by atoms with Crippen molar-refractivity contribution in [2.45, 2.75) is 13.0 Å². The van der Waals surface area contributed by atoms with Gasteiger partial charge >= 0.3 is 5.97 Å². The van der Waals surface area contributed by atoms with Crippen LogP contribution in [0, 0.1) is 0 Å². The van der Waals surface area contributed by atoms with Crippen molar-refractivity contribution in [2.24, 2.45) is 0 Å². The quantitative estimate of drug-likeness (QED) is 0.652. The zero-order chi connectivity index (χ0) is 19.2. The SMILES string of the molecule is COc1ccc(NC(=O)[C@@H](C)OC(=O)c2csc(-c3ccccc3)n2)cc1. The summed E-state index contributed by atoms with van der Waals surface area (Å²) >= 11 is 1.35. The van der Waals surface area contributed by atoms with Gasteiger partial charge in [-0.25, -0.2) is 9.78 Å². The van der Waals surface area contributed by atoms with Crippen molar-refractivity contribution >= 4 is 28.9 Å². The number of thiazole rings is 1. The molecule has 3 aromatic rings. The Bertz CT molecular complexity index is 923. The monoisotopic (exact) mass is 382 g/mol. The molecular formula is C20H18N2O4S. The molecule has 1 N–H and O–H groups in total. The van der Waals surface area contributed by atoms with Gasteiger partial charge in [0.15, 0.2) is 11.8 Å². The molecule has 7 heteroatoms. The van der Waals surface area contributed by atoms with Crippen molar-refractivity contribution in [3.63, 3.8) is 0 Å². The first-order valence-electron chi connectivity index (χ1n) is 8.23. The highest BCUT2D eigenvalue weighted by Crippen LogP contribution is 2.24. The van der Waals surface area contributed by atoms with Gasteiger partial charge in [0.1, 0.15) is 10.8 Å². The first kappa shape index (κ1) is 18.6. The van der Waals surface area contributed by atoms with Crippen LogP contribution in [0.4, 0.5) is 5.69 Å². The maximum absolute atomic E-state index is 12.3. The second-order valence-corrected chi connectivity index (χ2v) is 6.53. The van der Waals surface area contributed by atoms with Crippen LogP contribution in [0.1, 0.15) is 17.4 Å². The highest BCUT2D eigenvalue weighted by molar-refractivity contribution is 7.13. The van der Waals surface area contributed by atoms with Crippen molar-refractivity contribution in [1.29, 1.82) is 0 Å². The molecule has 0 bridgehead atoms. The molecule has 0 aliphatic rings. The molecular weight excluding hydrogens is 364 g/mol. The molecule has 1 aromatic heterocycles. The van der Waals surface area contributed by atoms with E-state index >= 15 is 0 Å². The third-order valence-electron chi connectivity index (χ3n) is 3.74. The Kier molecular flexibility index (Phi) is 5.83. The summed E-state index contributed by atoms with van der Waals surface area (Å²) in [5.41, 5.74) is 1.69. The summed E-state index contributed by atoms with van der Waals surface area (Å²) in [6.45, 7) is 1.52. The molecule has 0 radical (unpaired) electrons. The van der Waals surface area contributed by atoms with E-state index in [9.17, 15) is 9.59 Å². The molecule has 2 aromatic carbocycles. The second kappa shape index (κ2) is 8.46. The Balaban J connectivity index is 1.59. The zero-order valence-electron chi connectivity index (χ0n) is 14.8.